The Labute approximate surface area is 176 Å². The number of alkyl halides is 2. The van der Waals surface area contributed by atoms with Crippen LogP contribution in [0.5, 0.6) is 17.4 Å². The molecule has 0 aliphatic heterocycles. The van der Waals surface area contributed by atoms with Crippen LogP contribution >= 0.6 is 0 Å². The Morgan fingerprint density at radius 1 is 0.968 bits per heavy atom. The maximum absolute atomic E-state index is 13.5. The lowest BCUT2D eigenvalue weighted by molar-refractivity contribution is 0.0147. The Bertz CT molecular complexity index is 1190. The predicted molar refractivity (Wildman–Crippen MR) is 109 cm³/mol. The molecule has 31 heavy (non-hydrogen) atoms. The Hall–Kier alpha value is -3.95. The molecule has 0 bridgehead atoms. The molecule has 0 fully saturated rings. The lowest BCUT2D eigenvalue weighted by Gasteiger charge is -2.14. The summed E-state index contributed by atoms with van der Waals surface area (Å²) in [5.41, 5.74) is 1.58. The Morgan fingerprint density at radius 3 is 2.52 bits per heavy atom. The minimum Gasteiger partial charge on any atom is -0.503 e. The van der Waals surface area contributed by atoms with Gasteiger partial charge in [0.25, 0.3) is 11.8 Å². The lowest BCUT2D eigenvalue weighted by Crippen LogP contribution is -2.08. The molecule has 0 saturated heterocycles. The number of rotatable bonds is 7. The van der Waals surface area contributed by atoms with Crippen LogP contribution in [-0.2, 0) is 12.3 Å². The zero-order chi connectivity index (χ0) is 21.8. The van der Waals surface area contributed by atoms with Gasteiger partial charge >= 0.3 is 0 Å². The van der Waals surface area contributed by atoms with Gasteiger partial charge in [0.2, 0.25) is 0 Å². The quantitative estimate of drug-likeness (QED) is 0.457. The number of pyridine rings is 1. The van der Waals surface area contributed by atoms with E-state index >= 15 is 0 Å². The van der Waals surface area contributed by atoms with Gasteiger partial charge < -0.3 is 15.2 Å². The highest BCUT2D eigenvalue weighted by atomic mass is 19.3. The first kappa shape index (κ1) is 20.3. The van der Waals surface area contributed by atoms with Crippen LogP contribution in [0.15, 0.2) is 55.2 Å². The van der Waals surface area contributed by atoms with Gasteiger partial charge in [-0.2, -0.15) is 0 Å². The second-order valence-electron chi connectivity index (χ2n) is 6.77. The lowest BCUT2D eigenvalue weighted by atomic mass is 10.1. The van der Waals surface area contributed by atoms with Crippen LogP contribution in [0.4, 0.5) is 14.6 Å². The van der Waals surface area contributed by atoms with Crippen LogP contribution in [0, 0.1) is 0 Å². The number of nitrogens with one attached hydrogen (secondary N) is 1. The van der Waals surface area contributed by atoms with Crippen molar-refractivity contribution in [1.82, 2.24) is 24.9 Å². The summed E-state index contributed by atoms with van der Waals surface area (Å²) in [5.74, 6) is -3.18. The number of nitrogens with zero attached hydrogens (tertiary/aromatic N) is 5. The minimum absolute atomic E-state index is 0.273. The van der Waals surface area contributed by atoms with Gasteiger partial charge in [0.1, 0.15) is 17.6 Å². The number of aromatic hydroxyl groups is 1. The van der Waals surface area contributed by atoms with Crippen molar-refractivity contribution < 1.29 is 18.6 Å². The third-order valence-corrected chi connectivity index (χ3v) is 4.48. The number of halogens is 2. The van der Waals surface area contributed by atoms with Gasteiger partial charge in [0.15, 0.2) is 17.2 Å². The van der Waals surface area contributed by atoms with E-state index in [9.17, 15) is 13.9 Å². The van der Waals surface area contributed by atoms with E-state index in [4.69, 9.17) is 4.74 Å². The van der Waals surface area contributed by atoms with Crippen LogP contribution < -0.4 is 10.1 Å². The molecular formula is C21H18F2N6O2. The molecule has 0 radical (unpaired) electrons. The van der Waals surface area contributed by atoms with Gasteiger partial charge in [-0.25, -0.2) is 33.7 Å². The summed E-state index contributed by atoms with van der Waals surface area (Å²) in [4.78, 5) is 20.5. The zero-order valence-corrected chi connectivity index (χ0v) is 16.5. The first-order valence-electron chi connectivity index (χ1n) is 9.40. The molecule has 0 amide bonds. The predicted octanol–water partition coefficient (Wildman–Crippen LogP) is 4.08. The number of hydrogen-bond donors (Lipinski definition) is 2. The fourth-order valence-electron chi connectivity index (χ4n) is 2.95. The molecule has 0 aliphatic carbocycles. The van der Waals surface area contributed by atoms with Crippen molar-refractivity contribution >= 4 is 17.0 Å². The van der Waals surface area contributed by atoms with Crippen molar-refractivity contribution in [3.8, 4) is 17.4 Å². The van der Waals surface area contributed by atoms with Crippen LogP contribution in [0.2, 0.25) is 0 Å². The van der Waals surface area contributed by atoms with E-state index in [1.54, 1.807) is 24.5 Å². The second-order valence-corrected chi connectivity index (χ2v) is 6.77. The molecule has 158 valence electrons. The van der Waals surface area contributed by atoms with Gasteiger partial charge in [0.05, 0.1) is 5.56 Å². The maximum atomic E-state index is 13.5. The fraction of sp³-hybridized carbons (Fsp3) is 0.190. The smallest absolute Gasteiger partial charge is 0.274 e. The minimum atomic E-state index is -3.21. The van der Waals surface area contributed by atoms with Crippen molar-refractivity contribution in [3.05, 3.63) is 66.4 Å². The summed E-state index contributed by atoms with van der Waals surface area (Å²) in [6, 6.07) is 8.09. The molecule has 0 atom stereocenters. The molecule has 4 aromatic rings. The highest BCUT2D eigenvalue weighted by Crippen LogP contribution is 2.39. The third-order valence-electron chi connectivity index (χ3n) is 4.48. The van der Waals surface area contributed by atoms with E-state index in [0.29, 0.717) is 42.6 Å². The number of ether oxygens (including phenoxy) is 1. The molecule has 4 rings (SSSR count). The summed E-state index contributed by atoms with van der Waals surface area (Å²) >= 11 is 0. The monoisotopic (exact) mass is 424 g/mol. The topological polar surface area (TPSA) is 106 Å². The SMILES string of the molecule is CC(F)(F)c1ccnc(Oc2ccc(CCNc3ncnc4nccnc34)cc2)c1O. The number of hydrogen-bond acceptors (Lipinski definition) is 8. The normalized spacial score (nSPS) is 11.5. The van der Waals surface area contributed by atoms with Crippen molar-refractivity contribution in [2.24, 2.45) is 0 Å². The van der Waals surface area contributed by atoms with Gasteiger partial charge in [-0.1, -0.05) is 12.1 Å². The summed E-state index contributed by atoms with van der Waals surface area (Å²) in [6.45, 7) is 1.30. The molecule has 3 heterocycles. The van der Waals surface area contributed by atoms with Gasteiger partial charge in [-0.05, 0) is 30.2 Å². The average molecular weight is 424 g/mol. The van der Waals surface area contributed by atoms with E-state index in [2.05, 4.69) is 30.2 Å². The standard InChI is InChI=1S/C21H18F2N6O2/c1-21(22,23)15-7-9-27-20(17(15)30)31-14-4-2-13(3-5-14)6-8-25-18-16-19(29-12-28-18)26-11-10-24-16/h2-5,7,9-12,30H,6,8H2,1H3,(H,25,26,28,29). The first-order valence-corrected chi connectivity index (χ1v) is 9.40. The van der Waals surface area contributed by atoms with E-state index in [1.807, 2.05) is 12.1 Å². The molecule has 3 aromatic heterocycles. The Kier molecular flexibility index (Phi) is 5.52. The van der Waals surface area contributed by atoms with Crippen molar-refractivity contribution in [2.45, 2.75) is 19.3 Å². The van der Waals surface area contributed by atoms with Crippen LogP contribution in [0.25, 0.3) is 11.2 Å². The molecular weight excluding hydrogens is 406 g/mol. The maximum Gasteiger partial charge on any atom is 0.274 e. The molecule has 0 spiro atoms. The van der Waals surface area contributed by atoms with Crippen molar-refractivity contribution in [2.75, 3.05) is 11.9 Å². The number of aromatic nitrogens is 5. The molecule has 2 N–H and O–H groups in total. The van der Waals surface area contributed by atoms with Gasteiger partial charge in [-0.3, -0.25) is 0 Å². The Balaban J connectivity index is 1.39. The molecule has 0 unspecified atom stereocenters. The van der Waals surface area contributed by atoms with E-state index in [1.165, 1.54) is 12.5 Å². The van der Waals surface area contributed by atoms with E-state index in [0.717, 1.165) is 11.6 Å². The van der Waals surface area contributed by atoms with Gasteiger partial charge in [-0.15, -0.1) is 0 Å². The molecule has 10 heteroatoms. The van der Waals surface area contributed by atoms with Crippen LogP contribution in [0.1, 0.15) is 18.1 Å². The van der Waals surface area contributed by atoms with Crippen molar-refractivity contribution in [1.29, 1.82) is 0 Å². The van der Waals surface area contributed by atoms with E-state index < -0.39 is 17.2 Å². The number of fused-ring (bicyclic) bond motifs is 1. The third kappa shape index (κ3) is 4.63. The summed E-state index contributed by atoms with van der Waals surface area (Å²) < 4.78 is 32.6. The summed E-state index contributed by atoms with van der Waals surface area (Å²) in [6.07, 6.45) is 6.44. The van der Waals surface area contributed by atoms with Crippen molar-refractivity contribution in [3.63, 3.8) is 0 Å². The molecule has 1 aromatic carbocycles. The summed E-state index contributed by atoms with van der Waals surface area (Å²) in [7, 11) is 0. The molecule has 0 aliphatic rings. The zero-order valence-electron chi connectivity index (χ0n) is 16.5. The summed E-state index contributed by atoms with van der Waals surface area (Å²) in [5, 5.41) is 13.3. The second kappa shape index (κ2) is 8.42. The molecule has 8 nitrogen and oxygen atoms in total. The highest BCUT2D eigenvalue weighted by molar-refractivity contribution is 5.81. The number of anilines is 1. The first-order chi connectivity index (χ1) is 14.9. The number of benzene rings is 1. The van der Waals surface area contributed by atoms with E-state index in [-0.39, 0.29) is 5.88 Å². The Morgan fingerprint density at radius 2 is 1.74 bits per heavy atom. The highest BCUT2D eigenvalue weighted by Gasteiger charge is 2.30. The molecule has 0 saturated carbocycles. The largest absolute Gasteiger partial charge is 0.503 e. The van der Waals surface area contributed by atoms with Crippen LogP contribution in [0.3, 0.4) is 0 Å². The van der Waals surface area contributed by atoms with Crippen LogP contribution in [-0.4, -0.2) is 36.6 Å². The fourth-order valence-corrected chi connectivity index (χ4v) is 2.95. The average Bonchev–Trinajstić information content (AvgIpc) is 2.76. The van der Waals surface area contributed by atoms with Gasteiger partial charge in [0, 0.05) is 32.1 Å².